The molecule has 1 aromatic carbocycles. The molecule has 0 unspecified atom stereocenters. The van der Waals surface area contributed by atoms with Crippen molar-refractivity contribution in [2.75, 3.05) is 6.61 Å². The lowest BCUT2D eigenvalue weighted by Gasteiger charge is -2.10. The number of unbranched alkanes of at least 4 members (excludes halogenated alkanes) is 4. The van der Waals surface area contributed by atoms with Gasteiger partial charge >= 0.3 is 5.97 Å². The fourth-order valence-corrected chi connectivity index (χ4v) is 1.94. The maximum atomic E-state index is 11.8. The lowest BCUT2D eigenvalue weighted by atomic mass is 10.1. The molecule has 1 aromatic rings. The van der Waals surface area contributed by atoms with Gasteiger partial charge in [-0.05, 0) is 37.6 Å². The molecule has 122 valence electrons. The SMILES string of the molecule is CCCCCCCOc1ccc(C(=O)N[C@H](C)C(=O)O)cc1. The third-order valence-electron chi connectivity index (χ3n) is 3.35. The molecule has 5 nitrogen and oxygen atoms in total. The number of benzene rings is 1. The first kappa shape index (κ1) is 18.0. The molecule has 0 spiro atoms. The maximum Gasteiger partial charge on any atom is 0.325 e. The first-order valence-corrected chi connectivity index (χ1v) is 7.81. The molecule has 0 aliphatic heterocycles. The lowest BCUT2D eigenvalue weighted by Crippen LogP contribution is -2.38. The molecule has 0 bridgehead atoms. The van der Waals surface area contributed by atoms with Crippen molar-refractivity contribution in [3.63, 3.8) is 0 Å². The van der Waals surface area contributed by atoms with Crippen molar-refractivity contribution in [1.29, 1.82) is 0 Å². The van der Waals surface area contributed by atoms with E-state index in [-0.39, 0.29) is 0 Å². The van der Waals surface area contributed by atoms with Gasteiger partial charge in [-0.2, -0.15) is 0 Å². The Morgan fingerprint density at radius 2 is 1.77 bits per heavy atom. The van der Waals surface area contributed by atoms with Crippen molar-refractivity contribution >= 4 is 11.9 Å². The Bertz CT molecular complexity index is 470. The second-order valence-corrected chi connectivity index (χ2v) is 5.32. The van der Waals surface area contributed by atoms with Crippen LogP contribution in [0, 0.1) is 0 Å². The van der Waals surface area contributed by atoms with Crippen LogP contribution < -0.4 is 10.1 Å². The summed E-state index contributed by atoms with van der Waals surface area (Å²) in [6.07, 6.45) is 5.92. The zero-order valence-corrected chi connectivity index (χ0v) is 13.3. The first-order valence-electron chi connectivity index (χ1n) is 7.81. The summed E-state index contributed by atoms with van der Waals surface area (Å²) < 4.78 is 5.61. The predicted molar refractivity (Wildman–Crippen MR) is 85.3 cm³/mol. The standard InChI is InChI=1S/C17H25NO4/c1-3-4-5-6-7-12-22-15-10-8-14(9-11-15)16(19)18-13(2)17(20)21/h8-11,13H,3-7,12H2,1-2H3,(H,18,19)(H,20,21)/t13-/m1/s1. The van der Waals surface area contributed by atoms with Gasteiger partial charge in [-0.3, -0.25) is 9.59 Å². The Balaban J connectivity index is 2.36. The van der Waals surface area contributed by atoms with Crippen LogP contribution in [0.4, 0.5) is 0 Å². The van der Waals surface area contributed by atoms with E-state index in [0.717, 1.165) is 12.2 Å². The first-order chi connectivity index (χ1) is 10.5. The van der Waals surface area contributed by atoms with Crippen LogP contribution in [-0.4, -0.2) is 29.6 Å². The molecule has 5 heteroatoms. The van der Waals surface area contributed by atoms with E-state index in [9.17, 15) is 9.59 Å². The zero-order chi connectivity index (χ0) is 16.4. The molecule has 0 saturated heterocycles. The zero-order valence-electron chi connectivity index (χ0n) is 13.3. The highest BCUT2D eigenvalue weighted by Gasteiger charge is 2.15. The van der Waals surface area contributed by atoms with Crippen LogP contribution in [0.5, 0.6) is 5.75 Å². The molecular weight excluding hydrogens is 282 g/mol. The number of carboxylic acids is 1. The van der Waals surface area contributed by atoms with Crippen molar-refractivity contribution in [2.24, 2.45) is 0 Å². The van der Waals surface area contributed by atoms with Crippen LogP contribution in [0.1, 0.15) is 56.3 Å². The Morgan fingerprint density at radius 1 is 1.14 bits per heavy atom. The number of hydrogen-bond acceptors (Lipinski definition) is 3. The molecule has 0 heterocycles. The van der Waals surface area contributed by atoms with Crippen LogP contribution in [0.15, 0.2) is 24.3 Å². The van der Waals surface area contributed by atoms with Crippen LogP contribution >= 0.6 is 0 Å². The summed E-state index contributed by atoms with van der Waals surface area (Å²) in [5.41, 5.74) is 0.420. The van der Waals surface area contributed by atoms with Gasteiger partial charge in [-0.25, -0.2) is 0 Å². The maximum absolute atomic E-state index is 11.8. The van der Waals surface area contributed by atoms with E-state index < -0.39 is 17.9 Å². The average molecular weight is 307 g/mol. The minimum absolute atomic E-state index is 0.402. The smallest absolute Gasteiger partial charge is 0.325 e. The number of carbonyl (C=O) groups excluding carboxylic acids is 1. The quantitative estimate of drug-likeness (QED) is 0.651. The summed E-state index contributed by atoms with van der Waals surface area (Å²) in [5.74, 6) is -0.740. The van der Waals surface area contributed by atoms with Gasteiger partial charge in [-0.1, -0.05) is 32.6 Å². The minimum Gasteiger partial charge on any atom is -0.494 e. The van der Waals surface area contributed by atoms with Gasteiger partial charge in [0, 0.05) is 5.56 Å². The fraction of sp³-hybridized carbons (Fsp3) is 0.529. The number of rotatable bonds is 10. The molecule has 0 saturated carbocycles. The summed E-state index contributed by atoms with van der Waals surface area (Å²) in [6, 6.07) is 5.82. The van der Waals surface area contributed by atoms with Gasteiger partial charge in [-0.15, -0.1) is 0 Å². The molecule has 1 amide bonds. The monoisotopic (exact) mass is 307 g/mol. The topological polar surface area (TPSA) is 75.6 Å². The van der Waals surface area contributed by atoms with Crippen molar-refractivity contribution in [2.45, 2.75) is 52.0 Å². The third-order valence-corrected chi connectivity index (χ3v) is 3.35. The fourth-order valence-electron chi connectivity index (χ4n) is 1.94. The molecule has 22 heavy (non-hydrogen) atoms. The van der Waals surface area contributed by atoms with E-state index in [4.69, 9.17) is 9.84 Å². The van der Waals surface area contributed by atoms with Crippen molar-refractivity contribution < 1.29 is 19.4 Å². The van der Waals surface area contributed by atoms with E-state index in [2.05, 4.69) is 12.2 Å². The van der Waals surface area contributed by atoms with Crippen molar-refractivity contribution in [3.05, 3.63) is 29.8 Å². The Labute approximate surface area is 131 Å². The molecule has 0 radical (unpaired) electrons. The number of carboxylic acid groups (broad SMARTS) is 1. The van der Waals surface area contributed by atoms with Gasteiger partial charge in [0.15, 0.2) is 0 Å². The molecule has 0 fully saturated rings. The number of ether oxygens (including phenoxy) is 1. The van der Waals surface area contributed by atoms with Crippen LogP contribution in [0.2, 0.25) is 0 Å². The summed E-state index contributed by atoms with van der Waals surface area (Å²) in [7, 11) is 0. The molecule has 1 atom stereocenters. The number of hydrogen-bond donors (Lipinski definition) is 2. The van der Waals surface area contributed by atoms with E-state index in [1.165, 1.54) is 32.6 Å². The van der Waals surface area contributed by atoms with Gasteiger partial charge in [0.1, 0.15) is 11.8 Å². The lowest BCUT2D eigenvalue weighted by molar-refractivity contribution is -0.138. The van der Waals surface area contributed by atoms with E-state index >= 15 is 0 Å². The highest BCUT2D eigenvalue weighted by molar-refractivity contribution is 5.96. The Kier molecular flexibility index (Phi) is 8.04. The van der Waals surface area contributed by atoms with E-state index in [1.807, 2.05) is 0 Å². The Morgan fingerprint density at radius 3 is 2.36 bits per heavy atom. The number of carbonyl (C=O) groups is 2. The minimum atomic E-state index is -1.06. The van der Waals surface area contributed by atoms with Crippen molar-refractivity contribution in [1.82, 2.24) is 5.32 Å². The van der Waals surface area contributed by atoms with Crippen LogP contribution in [-0.2, 0) is 4.79 Å². The van der Waals surface area contributed by atoms with Crippen LogP contribution in [0.3, 0.4) is 0 Å². The van der Waals surface area contributed by atoms with Gasteiger partial charge in [0.2, 0.25) is 0 Å². The number of amides is 1. The summed E-state index contributed by atoms with van der Waals surface area (Å²) >= 11 is 0. The molecule has 0 aliphatic rings. The van der Waals surface area contributed by atoms with Gasteiger partial charge in [0.25, 0.3) is 5.91 Å². The summed E-state index contributed by atoms with van der Waals surface area (Å²) in [6.45, 7) is 4.28. The Hall–Kier alpha value is -2.04. The molecule has 2 N–H and O–H groups in total. The van der Waals surface area contributed by atoms with Gasteiger partial charge < -0.3 is 15.2 Å². The highest BCUT2D eigenvalue weighted by Crippen LogP contribution is 2.13. The second-order valence-electron chi connectivity index (χ2n) is 5.32. The molecular formula is C17H25NO4. The van der Waals surface area contributed by atoms with E-state index in [0.29, 0.717) is 12.2 Å². The summed E-state index contributed by atoms with van der Waals surface area (Å²) in [4.78, 5) is 22.5. The van der Waals surface area contributed by atoms with E-state index in [1.54, 1.807) is 24.3 Å². The number of nitrogens with one attached hydrogen (secondary N) is 1. The largest absolute Gasteiger partial charge is 0.494 e. The number of aliphatic carboxylic acids is 1. The van der Waals surface area contributed by atoms with Gasteiger partial charge in [0.05, 0.1) is 6.61 Å². The summed E-state index contributed by atoms with van der Waals surface area (Å²) in [5, 5.41) is 11.2. The average Bonchev–Trinajstić information content (AvgIpc) is 2.51. The van der Waals surface area contributed by atoms with Crippen LogP contribution in [0.25, 0.3) is 0 Å². The second kappa shape index (κ2) is 9.82. The third kappa shape index (κ3) is 6.61. The van der Waals surface area contributed by atoms with Crippen molar-refractivity contribution in [3.8, 4) is 5.75 Å². The normalized spacial score (nSPS) is 11.7. The molecule has 0 aliphatic carbocycles. The highest BCUT2D eigenvalue weighted by atomic mass is 16.5. The molecule has 0 aromatic heterocycles. The predicted octanol–water partition coefficient (Wildman–Crippen LogP) is 3.24. The molecule has 1 rings (SSSR count).